The standard InChI is InChI=1S/C20H36N4O12/c25-9-13-1-21(5-17(29)30)14(10-26)2-23(7-19(33)34)16(12-28)4-24(8-20(35)36)15(11-27)3-22(13)6-18(31)32/h13-16,25-28H,1-12H2,(H,29,30)(H,31,32)(H,33,34)(H,35,36)/t13-,14-,15+,16+. The van der Waals surface area contributed by atoms with E-state index in [1.54, 1.807) is 0 Å². The first-order chi connectivity index (χ1) is 16.9. The Bertz CT molecular complexity index is 621. The van der Waals surface area contributed by atoms with Crippen LogP contribution >= 0.6 is 0 Å². The molecule has 8 N–H and O–H groups in total. The monoisotopic (exact) mass is 524 g/mol. The van der Waals surface area contributed by atoms with Gasteiger partial charge in [0.2, 0.25) is 0 Å². The van der Waals surface area contributed by atoms with E-state index >= 15 is 0 Å². The number of aliphatic hydroxyl groups is 4. The predicted octanol–water partition coefficient (Wildman–Crippen LogP) is -5.01. The number of hydrogen-bond donors (Lipinski definition) is 8. The lowest BCUT2D eigenvalue weighted by molar-refractivity contribution is -0.145. The fourth-order valence-corrected chi connectivity index (χ4v) is 4.30. The van der Waals surface area contributed by atoms with Crippen LogP contribution in [0.1, 0.15) is 0 Å². The highest BCUT2D eigenvalue weighted by Gasteiger charge is 2.36. The number of carbonyl (C=O) groups is 4. The van der Waals surface area contributed by atoms with Crippen LogP contribution in [0.2, 0.25) is 0 Å². The van der Waals surface area contributed by atoms with Crippen LogP contribution in [0.15, 0.2) is 0 Å². The summed E-state index contributed by atoms with van der Waals surface area (Å²) < 4.78 is 0. The van der Waals surface area contributed by atoms with Gasteiger partial charge < -0.3 is 40.9 Å². The second-order valence-electron chi connectivity index (χ2n) is 8.64. The van der Waals surface area contributed by atoms with Crippen molar-refractivity contribution < 1.29 is 60.0 Å². The summed E-state index contributed by atoms with van der Waals surface area (Å²) in [5.74, 6) is -5.14. The second kappa shape index (κ2) is 15.6. The molecule has 0 saturated carbocycles. The third-order valence-electron chi connectivity index (χ3n) is 6.04. The maximum atomic E-state index is 11.5. The molecule has 0 radical (unpaired) electrons. The summed E-state index contributed by atoms with van der Waals surface area (Å²) in [6.07, 6.45) is 0. The van der Waals surface area contributed by atoms with Gasteiger partial charge in [-0.1, -0.05) is 0 Å². The Kier molecular flexibility index (Phi) is 13.7. The first-order valence-corrected chi connectivity index (χ1v) is 11.2. The Balaban J connectivity index is 3.62. The molecule has 0 aromatic heterocycles. The van der Waals surface area contributed by atoms with Crippen molar-refractivity contribution in [2.45, 2.75) is 24.2 Å². The zero-order valence-corrected chi connectivity index (χ0v) is 19.8. The van der Waals surface area contributed by atoms with Crippen molar-refractivity contribution >= 4 is 23.9 Å². The Morgan fingerprint density at radius 3 is 0.722 bits per heavy atom. The van der Waals surface area contributed by atoms with Crippen LogP contribution in [-0.4, -0.2) is 187 Å². The average Bonchev–Trinajstić information content (AvgIpc) is 2.78. The Labute approximate surface area is 207 Å². The molecular formula is C20H36N4O12. The SMILES string of the molecule is O=C(O)CN1C[C@@H](CO)N(CC(=O)O)C[C@H](CO)N(CC(=O)O)C[C@H](CO)N(CC(=O)O)C[C@H]1CO. The molecule has 0 bridgehead atoms. The highest BCUT2D eigenvalue weighted by molar-refractivity contribution is 5.70. The summed E-state index contributed by atoms with van der Waals surface area (Å²) >= 11 is 0. The van der Waals surface area contributed by atoms with Gasteiger partial charge in [-0.3, -0.25) is 38.8 Å². The predicted molar refractivity (Wildman–Crippen MR) is 120 cm³/mol. The molecule has 1 saturated heterocycles. The summed E-state index contributed by atoms with van der Waals surface area (Å²) in [5, 5.41) is 77.8. The van der Waals surface area contributed by atoms with Crippen molar-refractivity contribution in [1.29, 1.82) is 0 Å². The van der Waals surface area contributed by atoms with Gasteiger partial charge >= 0.3 is 23.9 Å². The zero-order chi connectivity index (χ0) is 27.4. The van der Waals surface area contributed by atoms with Crippen LogP contribution in [0.3, 0.4) is 0 Å². The van der Waals surface area contributed by atoms with Crippen molar-refractivity contribution in [3.05, 3.63) is 0 Å². The third kappa shape index (κ3) is 10.3. The van der Waals surface area contributed by atoms with Gasteiger partial charge in [-0.2, -0.15) is 0 Å². The van der Waals surface area contributed by atoms with Gasteiger partial charge in [-0.15, -0.1) is 0 Å². The Morgan fingerprint density at radius 1 is 0.444 bits per heavy atom. The minimum atomic E-state index is -1.29. The molecule has 36 heavy (non-hydrogen) atoms. The van der Waals surface area contributed by atoms with Crippen LogP contribution < -0.4 is 0 Å². The molecule has 16 nitrogen and oxygen atoms in total. The van der Waals surface area contributed by atoms with Crippen LogP contribution in [0.25, 0.3) is 0 Å². The fourth-order valence-electron chi connectivity index (χ4n) is 4.30. The van der Waals surface area contributed by atoms with E-state index in [0.717, 1.165) is 0 Å². The van der Waals surface area contributed by atoms with Gasteiger partial charge in [0, 0.05) is 50.3 Å². The number of aliphatic carboxylic acids is 4. The molecule has 4 atom stereocenters. The van der Waals surface area contributed by atoms with Crippen LogP contribution in [0.4, 0.5) is 0 Å². The summed E-state index contributed by atoms with van der Waals surface area (Å²) in [6.45, 7) is -5.99. The summed E-state index contributed by atoms with van der Waals surface area (Å²) in [6, 6.07) is -3.96. The topological polar surface area (TPSA) is 243 Å². The first-order valence-electron chi connectivity index (χ1n) is 11.2. The van der Waals surface area contributed by atoms with Crippen molar-refractivity contribution in [3.8, 4) is 0 Å². The van der Waals surface area contributed by atoms with Gasteiger partial charge in [0.1, 0.15) is 0 Å². The highest BCUT2D eigenvalue weighted by Crippen LogP contribution is 2.16. The number of nitrogens with zero attached hydrogens (tertiary/aromatic N) is 4. The molecule has 0 unspecified atom stereocenters. The van der Waals surface area contributed by atoms with E-state index in [-0.39, 0.29) is 26.2 Å². The second-order valence-corrected chi connectivity index (χ2v) is 8.64. The Hall–Kier alpha value is -2.44. The van der Waals surface area contributed by atoms with Gasteiger partial charge in [-0.25, -0.2) is 0 Å². The zero-order valence-electron chi connectivity index (χ0n) is 19.8. The molecule has 1 fully saturated rings. The van der Waals surface area contributed by atoms with Crippen LogP contribution in [-0.2, 0) is 19.2 Å². The molecule has 0 amide bonds. The highest BCUT2D eigenvalue weighted by atomic mass is 16.4. The van der Waals surface area contributed by atoms with Crippen molar-refractivity contribution in [1.82, 2.24) is 19.6 Å². The van der Waals surface area contributed by atoms with E-state index in [2.05, 4.69) is 0 Å². The van der Waals surface area contributed by atoms with Gasteiger partial charge in [0.15, 0.2) is 0 Å². The lowest BCUT2D eigenvalue weighted by Crippen LogP contribution is -2.62. The number of hydrogen-bond acceptors (Lipinski definition) is 12. The van der Waals surface area contributed by atoms with Gasteiger partial charge in [-0.05, 0) is 0 Å². The summed E-state index contributed by atoms with van der Waals surface area (Å²) in [5.41, 5.74) is 0. The van der Waals surface area contributed by atoms with E-state index in [9.17, 15) is 60.0 Å². The molecule has 1 heterocycles. The third-order valence-corrected chi connectivity index (χ3v) is 6.04. The fraction of sp³-hybridized carbons (Fsp3) is 0.800. The van der Waals surface area contributed by atoms with Gasteiger partial charge in [0.05, 0.1) is 52.6 Å². The van der Waals surface area contributed by atoms with E-state index in [0.29, 0.717) is 0 Å². The maximum absolute atomic E-state index is 11.5. The molecule has 1 rings (SSSR count). The average molecular weight is 525 g/mol. The number of carboxylic acid groups (broad SMARTS) is 4. The van der Waals surface area contributed by atoms with Crippen molar-refractivity contribution in [2.24, 2.45) is 0 Å². The molecule has 16 heteroatoms. The lowest BCUT2D eigenvalue weighted by Gasteiger charge is -2.44. The smallest absolute Gasteiger partial charge is 0.317 e. The molecule has 208 valence electrons. The van der Waals surface area contributed by atoms with Crippen LogP contribution in [0.5, 0.6) is 0 Å². The van der Waals surface area contributed by atoms with Gasteiger partial charge in [0.25, 0.3) is 0 Å². The Morgan fingerprint density at radius 2 is 0.611 bits per heavy atom. The number of aliphatic hydroxyl groups excluding tert-OH is 4. The summed E-state index contributed by atoms with van der Waals surface area (Å²) in [4.78, 5) is 51.3. The molecular weight excluding hydrogens is 488 g/mol. The maximum Gasteiger partial charge on any atom is 0.317 e. The molecule has 0 spiro atoms. The molecule has 0 aromatic rings. The molecule has 1 aliphatic heterocycles. The minimum Gasteiger partial charge on any atom is -0.480 e. The van der Waals surface area contributed by atoms with Crippen LogP contribution in [0, 0.1) is 0 Å². The van der Waals surface area contributed by atoms with Crippen molar-refractivity contribution in [2.75, 3.05) is 78.8 Å². The van der Waals surface area contributed by atoms with E-state index < -0.39 is 101 Å². The minimum absolute atomic E-state index is 0.247. The first kappa shape index (κ1) is 31.6. The molecule has 1 aliphatic rings. The van der Waals surface area contributed by atoms with E-state index in [1.165, 1.54) is 19.6 Å². The molecule has 0 aliphatic carbocycles. The van der Waals surface area contributed by atoms with E-state index in [4.69, 9.17) is 0 Å². The summed E-state index contributed by atoms with van der Waals surface area (Å²) in [7, 11) is 0. The largest absolute Gasteiger partial charge is 0.480 e. The van der Waals surface area contributed by atoms with Crippen molar-refractivity contribution in [3.63, 3.8) is 0 Å². The quantitative estimate of drug-likeness (QED) is 0.119. The number of rotatable bonds is 12. The molecule has 0 aromatic carbocycles. The normalized spacial score (nSPS) is 26.1. The van der Waals surface area contributed by atoms with E-state index in [1.807, 2.05) is 0 Å². The lowest BCUT2D eigenvalue weighted by atomic mass is 10.1. The number of carboxylic acids is 4.